The van der Waals surface area contributed by atoms with E-state index in [1.807, 2.05) is 0 Å². The van der Waals surface area contributed by atoms with E-state index in [2.05, 4.69) is 49.2 Å². The highest BCUT2D eigenvalue weighted by molar-refractivity contribution is 5.24. The second-order valence-corrected chi connectivity index (χ2v) is 5.57. The summed E-state index contributed by atoms with van der Waals surface area (Å²) in [6.07, 6.45) is 1.26. The maximum atomic E-state index is 5.77. The van der Waals surface area contributed by atoms with E-state index in [-0.39, 0.29) is 0 Å². The monoisotopic (exact) mass is 231 g/mol. The third-order valence-corrected chi connectivity index (χ3v) is 4.55. The summed E-state index contributed by atoms with van der Waals surface area (Å²) in [5.74, 6) is 1.38. The van der Waals surface area contributed by atoms with E-state index in [0.717, 1.165) is 19.1 Å². The molecule has 17 heavy (non-hydrogen) atoms. The van der Waals surface area contributed by atoms with Gasteiger partial charge < -0.3 is 4.74 Å². The number of likely N-dealkylation sites (N-methyl/N-ethyl adjacent to an activating group) is 1. The zero-order chi connectivity index (χ0) is 11.8. The third-order valence-electron chi connectivity index (χ3n) is 4.55. The Balaban J connectivity index is 1.92. The zero-order valence-corrected chi connectivity index (χ0v) is 10.7. The first-order chi connectivity index (χ1) is 8.27. The molecule has 2 heterocycles. The summed E-state index contributed by atoms with van der Waals surface area (Å²) in [4.78, 5) is 2.54. The van der Waals surface area contributed by atoms with Gasteiger partial charge in [-0.3, -0.25) is 4.90 Å². The molecular weight excluding hydrogens is 210 g/mol. The molecule has 4 atom stereocenters. The van der Waals surface area contributed by atoms with Gasteiger partial charge in [-0.1, -0.05) is 37.3 Å². The molecule has 3 rings (SSSR count). The van der Waals surface area contributed by atoms with E-state index in [9.17, 15) is 0 Å². The summed E-state index contributed by atoms with van der Waals surface area (Å²) < 4.78 is 5.77. The normalized spacial score (nSPS) is 38.0. The number of morpholine rings is 1. The Morgan fingerprint density at radius 2 is 1.94 bits per heavy atom. The number of nitrogens with zero attached hydrogens (tertiary/aromatic N) is 1. The fourth-order valence-corrected chi connectivity index (χ4v) is 3.60. The van der Waals surface area contributed by atoms with Crippen LogP contribution in [0, 0.1) is 5.92 Å². The molecule has 0 amide bonds. The number of hydrogen-bond acceptors (Lipinski definition) is 2. The number of fused-ring (bicyclic) bond motifs is 2. The Morgan fingerprint density at radius 3 is 2.71 bits per heavy atom. The van der Waals surface area contributed by atoms with E-state index >= 15 is 0 Å². The van der Waals surface area contributed by atoms with Crippen molar-refractivity contribution in [2.45, 2.75) is 31.3 Å². The van der Waals surface area contributed by atoms with Crippen LogP contribution in [-0.4, -0.2) is 37.2 Å². The molecule has 2 aliphatic rings. The van der Waals surface area contributed by atoms with Crippen molar-refractivity contribution < 1.29 is 4.74 Å². The second-order valence-electron chi connectivity index (χ2n) is 5.57. The lowest BCUT2D eigenvalue weighted by Crippen LogP contribution is -2.58. The predicted octanol–water partition coefficient (Wildman–Crippen LogP) is 2.51. The van der Waals surface area contributed by atoms with Crippen molar-refractivity contribution in [2.24, 2.45) is 5.92 Å². The lowest BCUT2D eigenvalue weighted by atomic mass is 9.73. The van der Waals surface area contributed by atoms with Gasteiger partial charge in [-0.2, -0.15) is 0 Å². The molecule has 1 aromatic carbocycles. The predicted molar refractivity (Wildman–Crippen MR) is 69.1 cm³/mol. The summed E-state index contributed by atoms with van der Waals surface area (Å²) in [6.45, 7) is 4.20. The number of rotatable bonds is 1. The van der Waals surface area contributed by atoms with Gasteiger partial charge >= 0.3 is 0 Å². The van der Waals surface area contributed by atoms with E-state index in [1.165, 1.54) is 12.0 Å². The van der Waals surface area contributed by atoms with Crippen LogP contribution < -0.4 is 0 Å². The molecule has 2 bridgehead atoms. The van der Waals surface area contributed by atoms with Crippen molar-refractivity contribution in [1.82, 2.24) is 4.90 Å². The van der Waals surface area contributed by atoms with Gasteiger partial charge in [0, 0.05) is 18.0 Å². The third kappa shape index (κ3) is 1.90. The van der Waals surface area contributed by atoms with E-state index < -0.39 is 0 Å². The number of hydrogen-bond donors (Lipinski definition) is 0. The minimum atomic E-state index is 0.555. The topological polar surface area (TPSA) is 12.5 Å². The van der Waals surface area contributed by atoms with Crippen LogP contribution in [0.25, 0.3) is 0 Å². The Kier molecular flexibility index (Phi) is 2.93. The minimum Gasteiger partial charge on any atom is -0.378 e. The highest BCUT2D eigenvalue weighted by atomic mass is 16.5. The average molecular weight is 231 g/mol. The van der Waals surface area contributed by atoms with Crippen LogP contribution in [0.2, 0.25) is 0 Å². The smallest absolute Gasteiger partial charge is 0.0628 e. The van der Waals surface area contributed by atoms with Crippen molar-refractivity contribution in [3.8, 4) is 0 Å². The maximum Gasteiger partial charge on any atom is 0.0628 e. The van der Waals surface area contributed by atoms with Crippen LogP contribution in [0.3, 0.4) is 0 Å². The SMILES string of the molecule is CC1CC2COCC(C1c1ccccc1)N2C. The molecule has 0 spiro atoms. The molecule has 0 aromatic heterocycles. The van der Waals surface area contributed by atoms with Crippen molar-refractivity contribution in [2.75, 3.05) is 20.3 Å². The molecule has 2 aliphatic heterocycles. The summed E-state index contributed by atoms with van der Waals surface area (Å²) in [5, 5.41) is 0. The average Bonchev–Trinajstić information content (AvgIpc) is 2.33. The van der Waals surface area contributed by atoms with Crippen LogP contribution in [0.1, 0.15) is 24.8 Å². The summed E-state index contributed by atoms with van der Waals surface area (Å²) >= 11 is 0. The fourth-order valence-electron chi connectivity index (χ4n) is 3.60. The highest BCUT2D eigenvalue weighted by Gasteiger charge is 2.42. The number of ether oxygens (including phenoxy) is 1. The van der Waals surface area contributed by atoms with Gasteiger partial charge in [-0.25, -0.2) is 0 Å². The molecule has 0 N–H and O–H groups in total. The first kappa shape index (κ1) is 11.2. The van der Waals surface area contributed by atoms with Crippen molar-refractivity contribution >= 4 is 0 Å². The summed E-state index contributed by atoms with van der Waals surface area (Å²) in [7, 11) is 2.26. The zero-order valence-electron chi connectivity index (χ0n) is 10.7. The Labute approximate surface area is 104 Å². The van der Waals surface area contributed by atoms with Crippen LogP contribution in [0.4, 0.5) is 0 Å². The molecule has 2 saturated heterocycles. The molecule has 2 fully saturated rings. The van der Waals surface area contributed by atoms with Gasteiger partial charge in [-0.05, 0) is 24.9 Å². The Hall–Kier alpha value is -0.860. The number of piperidine rings is 1. The molecule has 2 heteroatoms. The Bertz CT molecular complexity index is 378. The van der Waals surface area contributed by atoms with Crippen molar-refractivity contribution in [3.63, 3.8) is 0 Å². The molecule has 2 nitrogen and oxygen atoms in total. The largest absolute Gasteiger partial charge is 0.378 e. The van der Waals surface area contributed by atoms with Crippen molar-refractivity contribution in [3.05, 3.63) is 35.9 Å². The van der Waals surface area contributed by atoms with E-state index in [0.29, 0.717) is 18.0 Å². The van der Waals surface area contributed by atoms with Gasteiger partial charge in [-0.15, -0.1) is 0 Å². The first-order valence-electron chi connectivity index (χ1n) is 6.62. The second kappa shape index (κ2) is 4.43. The summed E-state index contributed by atoms with van der Waals surface area (Å²) in [6, 6.07) is 12.1. The standard InChI is InChI=1S/C15H21NO/c1-11-8-13-9-17-10-14(16(13)2)15(11)12-6-4-3-5-7-12/h3-7,11,13-15H,8-10H2,1-2H3. The quantitative estimate of drug-likeness (QED) is 0.736. The summed E-state index contributed by atoms with van der Waals surface area (Å²) in [5.41, 5.74) is 1.47. The fraction of sp³-hybridized carbons (Fsp3) is 0.600. The van der Waals surface area contributed by atoms with E-state index in [1.54, 1.807) is 0 Å². The molecule has 0 aliphatic carbocycles. The van der Waals surface area contributed by atoms with Crippen LogP contribution in [0.5, 0.6) is 0 Å². The van der Waals surface area contributed by atoms with Gasteiger partial charge in [0.2, 0.25) is 0 Å². The molecule has 0 radical (unpaired) electrons. The Morgan fingerprint density at radius 1 is 1.18 bits per heavy atom. The van der Waals surface area contributed by atoms with Gasteiger partial charge in [0.15, 0.2) is 0 Å². The maximum absolute atomic E-state index is 5.77. The van der Waals surface area contributed by atoms with Crippen molar-refractivity contribution in [1.29, 1.82) is 0 Å². The van der Waals surface area contributed by atoms with Crippen LogP contribution in [0.15, 0.2) is 30.3 Å². The van der Waals surface area contributed by atoms with Crippen LogP contribution in [-0.2, 0) is 4.74 Å². The van der Waals surface area contributed by atoms with Gasteiger partial charge in [0.05, 0.1) is 13.2 Å². The molecular formula is C15H21NO. The molecule has 0 saturated carbocycles. The van der Waals surface area contributed by atoms with Gasteiger partial charge in [0.25, 0.3) is 0 Å². The number of benzene rings is 1. The lowest BCUT2D eigenvalue weighted by Gasteiger charge is -2.50. The molecule has 1 aromatic rings. The van der Waals surface area contributed by atoms with E-state index in [4.69, 9.17) is 4.74 Å². The van der Waals surface area contributed by atoms with Crippen LogP contribution >= 0.6 is 0 Å². The first-order valence-corrected chi connectivity index (χ1v) is 6.62. The highest BCUT2D eigenvalue weighted by Crippen LogP contribution is 2.40. The molecule has 92 valence electrons. The lowest BCUT2D eigenvalue weighted by molar-refractivity contribution is -0.0834. The molecule has 4 unspecified atom stereocenters. The van der Waals surface area contributed by atoms with Gasteiger partial charge in [0.1, 0.15) is 0 Å². The minimum absolute atomic E-state index is 0.555.